The Kier molecular flexibility index (Phi) is 11.1. The average molecular weight is 529 g/mol. The summed E-state index contributed by atoms with van der Waals surface area (Å²) in [5.74, 6) is -0.435. The highest BCUT2D eigenvalue weighted by Gasteiger charge is 2.23. The number of phenols is 2. The van der Waals surface area contributed by atoms with Crippen LogP contribution in [0.2, 0.25) is 0 Å². The van der Waals surface area contributed by atoms with Gasteiger partial charge >= 0.3 is 0 Å². The Morgan fingerprint density at radius 3 is 1.95 bits per heavy atom. The first-order valence-electron chi connectivity index (χ1n) is 13.5. The fourth-order valence-corrected chi connectivity index (χ4v) is 4.82. The summed E-state index contributed by atoms with van der Waals surface area (Å²) in [6, 6.07) is 5.70. The summed E-state index contributed by atoms with van der Waals surface area (Å²) in [5.41, 5.74) is 0.279. The molecule has 0 fully saturated rings. The molecule has 0 unspecified atom stereocenters. The molecule has 0 aliphatic carbocycles. The van der Waals surface area contributed by atoms with Crippen molar-refractivity contribution in [2.75, 3.05) is 20.8 Å². The zero-order valence-corrected chi connectivity index (χ0v) is 22.4. The van der Waals surface area contributed by atoms with Crippen LogP contribution >= 0.6 is 0 Å². The number of fused-ring (bicyclic) bond motifs is 1. The van der Waals surface area contributed by atoms with E-state index in [9.17, 15) is 20.1 Å². The molecular weight excluding hydrogens is 488 g/mol. The van der Waals surface area contributed by atoms with Crippen LogP contribution in [0.3, 0.4) is 0 Å². The Balaban J connectivity index is 1.67. The van der Waals surface area contributed by atoms with Crippen LogP contribution in [0.4, 0.5) is 0 Å². The molecule has 2 aromatic carbocycles. The van der Waals surface area contributed by atoms with Gasteiger partial charge in [0, 0.05) is 23.8 Å². The number of ether oxygens (including phenoxy) is 2. The van der Waals surface area contributed by atoms with Crippen molar-refractivity contribution in [1.29, 1.82) is 0 Å². The lowest BCUT2D eigenvalue weighted by Crippen LogP contribution is -2.07. The third-order valence-electron chi connectivity index (χ3n) is 6.92. The van der Waals surface area contributed by atoms with E-state index in [1.54, 1.807) is 0 Å². The smallest absolute Gasteiger partial charge is 0.238 e. The third-order valence-corrected chi connectivity index (χ3v) is 6.92. The van der Waals surface area contributed by atoms with Crippen molar-refractivity contribution in [3.63, 3.8) is 0 Å². The Labute approximate surface area is 223 Å². The first-order valence-corrected chi connectivity index (χ1v) is 13.5. The van der Waals surface area contributed by atoms with Crippen LogP contribution in [-0.4, -0.2) is 41.3 Å². The van der Waals surface area contributed by atoms with Crippen LogP contribution in [0.5, 0.6) is 28.7 Å². The average Bonchev–Trinajstić information content (AvgIpc) is 2.91. The summed E-state index contributed by atoms with van der Waals surface area (Å²) in [7, 11) is 2.82. The van der Waals surface area contributed by atoms with Crippen LogP contribution in [-0.2, 0) is 6.42 Å². The number of benzene rings is 2. The molecule has 0 saturated carbocycles. The van der Waals surface area contributed by atoms with Crippen molar-refractivity contribution in [2.24, 2.45) is 0 Å². The maximum Gasteiger partial charge on any atom is 0.238 e. The van der Waals surface area contributed by atoms with E-state index in [0.29, 0.717) is 17.5 Å². The van der Waals surface area contributed by atoms with Crippen LogP contribution in [0.15, 0.2) is 33.5 Å². The molecule has 0 aliphatic rings. The highest BCUT2D eigenvalue weighted by molar-refractivity contribution is 5.90. The van der Waals surface area contributed by atoms with Gasteiger partial charge < -0.3 is 34.3 Å². The SMILES string of the molecule is COc1cc(-c2oc3cc(O)c(CCCCCCCCCCCCCO)c(OC)c3c(=O)c2O)ccc1O. The first-order chi connectivity index (χ1) is 18.4. The minimum atomic E-state index is -0.664. The molecule has 1 aromatic heterocycles. The van der Waals surface area contributed by atoms with Crippen LogP contribution in [0, 0.1) is 0 Å². The van der Waals surface area contributed by atoms with Gasteiger partial charge in [-0.15, -0.1) is 0 Å². The molecule has 208 valence electrons. The second-order valence-electron chi connectivity index (χ2n) is 9.64. The zero-order valence-electron chi connectivity index (χ0n) is 22.4. The monoisotopic (exact) mass is 528 g/mol. The predicted octanol–water partition coefficient (Wildman–Crippen LogP) is 6.42. The predicted molar refractivity (Wildman–Crippen MR) is 148 cm³/mol. The maximum atomic E-state index is 13.2. The largest absolute Gasteiger partial charge is 0.507 e. The first kappa shape index (κ1) is 29.2. The number of hydrogen-bond acceptors (Lipinski definition) is 8. The number of unbranched alkanes of at least 4 members (excludes halogenated alkanes) is 10. The molecule has 3 aromatic rings. The molecular formula is C30H40O8. The van der Waals surface area contributed by atoms with Gasteiger partial charge in [-0.1, -0.05) is 57.8 Å². The summed E-state index contributed by atoms with van der Waals surface area (Å²) < 4.78 is 16.5. The lowest BCUT2D eigenvalue weighted by atomic mass is 10.00. The summed E-state index contributed by atoms with van der Waals surface area (Å²) in [5, 5.41) is 40.2. The van der Waals surface area contributed by atoms with Crippen molar-refractivity contribution < 1.29 is 34.3 Å². The molecule has 1 heterocycles. The van der Waals surface area contributed by atoms with E-state index in [4.69, 9.17) is 19.0 Å². The number of aromatic hydroxyl groups is 3. The quantitative estimate of drug-likeness (QED) is 0.157. The topological polar surface area (TPSA) is 130 Å². The van der Waals surface area contributed by atoms with E-state index in [-0.39, 0.29) is 46.3 Å². The van der Waals surface area contributed by atoms with Gasteiger partial charge in [-0.25, -0.2) is 0 Å². The van der Waals surface area contributed by atoms with Crippen molar-refractivity contribution in [3.8, 4) is 40.1 Å². The van der Waals surface area contributed by atoms with Gasteiger partial charge in [0.1, 0.15) is 22.5 Å². The van der Waals surface area contributed by atoms with E-state index in [0.717, 1.165) is 32.1 Å². The van der Waals surface area contributed by atoms with Gasteiger partial charge in [0.15, 0.2) is 17.3 Å². The van der Waals surface area contributed by atoms with E-state index < -0.39 is 11.2 Å². The summed E-state index contributed by atoms with van der Waals surface area (Å²) in [4.78, 5) is 13.2. The number of rotatable bonds is 16. The third kappa shape index (κ3) is 7.13. The van der Waals surface area contributed by atoms with E-state index in [2.05, 4.69) is 0 Å². The zero-order chi connectivity index (χ0) is 27.5. The van der Waals surface area contributed by atoms with Gasteiger partial charge in [-0.2, -0.15) is 0 Å². The van der Waals surface area contributed by atoms with E-state index in [1.807, 2.05) is 0 Å². The molecule has 0 aliphatic heterocycles. The number of aliphatic hydroxyl groups is 1. The minimum Gasteiger partial charge on any atom is -0.507 e. The van der Waals surface area contributed by atoms with Crippen molar-refractivity contribution >= 4 is 11.0 Å². The molecule has 0 atom stereocenters. The number of methoxy groups -OCH3 is 2. The molecule has 0 amide bonds. The summed E-state index contributed by atoms with van der Waals surface area (Å²) in [6.45, 7) is 0.288. The Hall–Kier alpha value is -3.39. The second kappa shape index (κ2) is 14.5. The number of phenolic OH excluding ortho intramolecular Hbond substituents is 2. The second-order valence-corrected chi connectivity index (χ2v) is 9.64. The molecule has 0 radical (unpaired) electrons. The lowest BCUT2D eigenvalue weighted by Gasteiger charge is -2.15. The molecule has 4 N–H and O–H groups in total. The summed E-state index contributed by atoms with van der Waals surface area (Å²) >= 11 is 0. The van der Waals surface area contributed by atoms with Crippen LogP contribution in [0.25, 0.3) is 22.3 Å². The van der Waals surface area contributed by atoms with Gasteiger partial charge in [-0.3, -0.25) is 4.79 Å². The molecule has 0 saturated heterocycles. The van der Waals surface area contributed by atoms with Crippen LogP contribution < -0.4 is 14.9 Å². The molecule has 38 heavy (non-hydrogen) atoms. The minimum absolute atomic E-state index is 0.0291. The number of aliphatic hydroxyl groups excluding tert-OH is 1. The molecule has 0 bridgehead atoms. The standard InChI is InChI=1S/C30H40O8/c1-36-24-18-20(15-16-22(24)32)29-28(35)27(34)26-25(38-29)19-23(33)21(30(26)37-2)14-12-10-8-6-4-3-5-7-9-11-13-17-31/h15-16,18-19,31-33,35H,3-14,17H2,1-2H3. The van der Waals surface area contributed by atoms with Crippen molar-refractivity contribution in [1.82, 2.24) is 0 Å². The maximum absolute atomic E-state index is 13.2. The Bertz CT molecular complexity index is 1250. The normalized spacial score (nSPS) is 11.2. The van der Waals surface area contributed by atoms with Gasteiger partial charge in [-0.05, 0) is 37.5 Å². The fraction of sp³-hybridized carbons (Fsp3) is 0.500. The fourth-order valence-electron chi connectivity index (χ4n) is 4.82. The van der Waals surface area contributed by atoms with Crippen LogP contribution in [0.1, 0.15) is 76.2 Å². The lowest BCUT2D eigenvalue weighted by molar-refractivity contribution is 0.282. The molecule has 3 rings (SSSR count). The molecule has 0 spiro atoms. The Morgan fingerprint density at radius 2 is 1.37 bits per heavy atom. The van der Waals surface area contributed by atoms with E-state index in [1.165, 1.54) is 77.0 Å². The molecule has 8 nitrogen and oxygen atoms in total. The molecule has 8 heteroatoms. The van der Waals surface area contributed by atoms with Gasteiger partial charge in [0.25, 0.3) is 0 Å². The highest BCUT2D eigenvalue weighted by atomic mass is 16.5. The highest BCUT2D eigenvalue weighted by Crippen LogP contribution is 2.41. The van der Waals surface area contributed by atoms with Crippen molar-refractivity contribution in [2.45, 2.75) is 77.0 Å². The Morgan fingerprint density at radius 1 is 0.763 bits per heavy atom. The number of hydrogen-bond donors (Lipinski definition) is 4. The summed E-state index contributed by atoms with van der Waals surface area (Å²) in [6.07, 6.45) is 12.8. The van der Waals surface area contributed by atoms with Gasteiger partial charge in [0.2, 0.25) is 11.2 Å². The van der Waals surface area contributed by atoms with Gasteiger partial charge in [0.05, 0.1) is 14.2 Å². The van der Waals surface area contributed by atoms with E-state index >= 15 is 0 Å². The van der Waals surface area contributed by atoms with Crippen molar-refractivity contribution in [3.05, 3.63) is 40.1 Å².